The van der Waals surface area contributed by atoms with Crippen LogP contribution in [0.1, 0.15) is 0 Å². The first-order chi connectivity index (χ1) is 5.20. The largest absolute Gasteiger partial charge is 0.631 e. The van der Waals surface area contributed by atoms with Gasteiger partial charge in [0, 0.05) is 0 Å². The van der Waals surface area contributed by atoms with Gasteiger partial charge in [-0.3, -0.25) is 9.11 Å². The molecule has 12 heteroatoms. The summed E-state index contributed by atoms with van der Waals surface area (Å²) in [4.78, 5) is 8.36. The summed E-state index contributed by atoms with van der Waals surface area (Å²) in [6, 6.07) is 0. The standard InChI is InChI=1S/BH3O3.HNO3.H2O3S/c2*2-1(3)4;1-4(2)3/h2-4H;(H,2,3,4);(H2,1,2,3). The molecule has 0 saturated heterocycles. The molecule has 0 aromatic rings. The van der Waals surface area contributed by atoms with Gasteiger partial charge in [0.05, 0.1) is 0 Å². The topological polar surface area (TPSA) is 182 Å². The Labute approximate surface area is 68.5 Å². The zero-order chi connectivity index (χ0) is 10.7. The maximum Gasteiger partial charge on any atom is 0.631 e. The van der Waals surface area contributed by atoms with Gasteiger partial charge in [-0.2, -0.15) is 4.21 Å². The summed E-state index contributed by atoms with van der Waals surface area (Å²) >= 11 is -2.61. The quantitative estimate of drug-likeness (QED) is 0.106. The smallest absolute Gasteiger partial charge is 0.402 e. The second-order valence-corrected chi connectivity index (χ2v) is 1.28. The molecule has 0 aliphatic carbocycles. The predicted octanol–water partition coefficient (Wildman–Crippen LogP) is -2.72. The Morgan fingerprint density at radius 1 is 1.25 bits per heavy atom. The second kappa shape index (κ2) is 12.9. The molecule has 0 aromatic heterocycles. The van der Waals surface area contributed by atoms with Crippen LogP contribution in [0, 0.1) is 10.1 Å². The van der Waals surface area contributed by atoms with Crippen molar-refractivity contribution < 1.29 is 38.7 Å². The molecule has 6 N–H and O–H groups in total. The van der Waals surface area contributed by atoms with Crippen LogP contribution in [0.5, 0.6) is 0 Å². The molecule has 0 aliphatic heterocycles. The molecule has 10 nitrogen and oxygen atoms in total. The first-order valence-corrected chi connectivity index (χ1v) is 2.94. The lowest BCUT2D eigenvalue weighted by Gasteiger charge is -1.69. The van der Waals surface area contributed by atoms with Crippen LogP contribution in [0.15, 0.2) is 0 Å². The molecule has 0 saturated carbocycles. The molecule has 0 fully saturated rings. The van der Waals surface area contributed by atoms with Crippen LogP contribution in [-0.2, 0) is 11.4 Å². The maximum absolute atomic E-state index is 8.67. The third kappa shape index (κ3) is 1010. The Bertz CT molecular complexity index is 98.9. The Morgan fingerprint density at radius 2 is 1.25 bits per heavy atom. The average Bonchev–Trinajstić information content (AvgIpc) is 1.54. The van der Waals surface area contributed by atoms with Crippen LogP contribution in [0.2, 0.25) is 0 Å². The minimum atomic E-state index is -2.61. The van der Waals surface area contributed by atoms with E-state index in [1.807, 2.05) is 0 Å². The van der Waals surface area contributed by atoms with Crippen molar-refractivity contribution in [2.45, 2.75) is 0 Å². The number of rotatable bonds is 0. The van der Waals surface area contributed by atoms with Gasteiger partial charge >= 0.3 is 7.32 Å². The van der Waals surface area contributed by atoms with E-state index in [-0.39, 0.29) is 0 Å². The van der Waals surface area contributed by atoms with Crippen molar-refractivity contribution in [3.63, 3.8) is 0 Å². The maximum atomic E-state index is 8.67. The molecule has 0 amide bonds. The van der Waals surface area contributed by atoms with Crippen molar-refractivity contribution >= 4 is 18.7 Å². The minimum Gasteiger partial charge on any atom is -0.402 e. The van der Waals surface area contributed by atoms with Gasteiger partial charge < -0.3 is 20.3 Å². The van der Waals surface area contributed by atoms with Crippen molar-refractivity contribution in [2.24, 2.45) is 0 Å². The van der Waals surface area contributed by atoms with Gasteiger partial charge in [0.15, 0.2) is 0 Å². The first kappa shape index (κ1) is 17.3. The van der Waals surface area contributed by atoms with Crippen molar-refractivity contribution in [3.05, 3.63) is 10.1 Å². The van der Waals surface area contributed by atoms with Crippen LogP contribution in [0.25, 0.3) is 0 Å². The molecular weight excluding hydrogens is 201 g/mol. The SMILES string of the molecule is O=S(O)O.O=[N+]([O-])O.OB(O)O. The summed E-state index contributed by atoms with van der Waals surface area (Å²) < 4.78 is 22.8. The molecule has 0 unspecified atom stereocenters. The molecule has 0 rings (SSSR count). The van der Waals surface area contributed by atoms with Crippen LogP contribution in [-0.4, -0.2) is 46.0 Å². The monoisotopic (exact) mass is 207 g/mol. The summed E-state index contributed by atoms with van der Waals surface area (Å²) in [5.41, 5.74) is 0. The molecule has 0 atom stereocenters. The highest BCUT2D eigenvalue weighted by Gasteiger charge is 1.92. The highest BCUT2D eigenvalue weighted by atomic mass is 32.2. The Balaban J connectivity index is -0.000000101. The van der Waals surface area contributed by atoms with Gasteiger partial charge in [-0.15, -0.1) is 10.1 Å². The molecule has 74 valence electrons. The van der Waals surface area contributed by atoms with E-state index in [4.69, 9.17) is 43.7 Å². The summed E-state index contributed by atoms with van der Waals surface area (Å²) in [5, 5.41) is 35.1. The van der Waals surface area contributed by atoms with Crippen LogP contribution >= 0.6 is 0 Å². The van der Waals surface area contributed by atoms with E-state index in [1.165, 1.54) is 0 Å². The second-order valence-electron chi connectivity index (χ2n) is 0.815. The first-order valence-electron chi connectivity index (χ1n) is 1.87. The molecule has 0 aliphatic rings. The van der Waals surface area contributed by atoms with Crippen molar-refractivity contribution in [3.8, 4) is 0 Å². The van der Waals surface area contributed by atoms with Crippen molar-refractivity contribution in [1.29, 1.82) is 0 Å². The Hall–Kier alpha value is -0.785. The van der Waals surface area contributed by atoms with Gasteiger partial charge in [0.2, 0.25) is 0 Å². The highest BCUT2D eigenvalue weighted by Crippen LogP contribution is 1.44. The lowest BCUT2D eigenvalue weighted by molar-refractivity contribution is -0.742. The van der Waals surface area contributed by atoms with E-state index in [2.05, 4.69) is 0 Å². The van der Waals surface area contributed by atoms with Gasteiger partial charge in [-0.25, -0.2) is 0 Å². The molecule has 12 heavy (non-hydrogen) atoms. The Morgan fingerprint density at radius 3 is 1.25 bits per heavy atom. The van der Waals surface area contributed by atoms with Gasteiger partial charge in [0.25, 0.3) is 16.4 Å². The van der Waals surface area contributed by atoms with E-state index in [0.29, 0.717) is 0 Å². The number of nitrogens with zero attached hydrogens (tertiary/aromatic N) is 1. The molecule has 0 heterocycles. The zero-order valence-electron chi connectivity index (χ0n) is 5.34. The van der Waals surface area contributed by atoms with Crippen molar-refractivity contribution in [1.82, 2.24) is 0 Å². The molecule has 0 bridgehead atoms. The average molecular weight is 207 g/mol. The lowest BCUT2D eigenvalue weighted by Crippen LogP contribution is -2.07. The van der Waals surface area contributed by atoms with Gasteiger partial charge in [-0.1, -0.05) is 0 Å². The molecule has 0 radical (unpaired) electrons. The molecule has 0 aromatic carbocycles. The van der Waals surface area contributed by atoms with E-state index in [1.54, 1.807) is 0 Å². The highest BCUT2D eigenvalue weighted by molar-refractivity contribution is 7.73. The summed E-state index contributed by atoms with van der Waals surface area (Å²) in [5.74, 6) is 0. The fraction of sp³-hybridized carbons (Fsp3) is 0. The molecule has 0 spiro atoms. The van der Waals surface area contributed by atoms with Crippen molar-refractivity contribution in [2.75, 3.05) is 0 Å². The molecular formula is H6BNO9S. The third-order valence-corrected chi connectivity index (χ3v) is 0. The fourth-order valence-electron chi connectivity index (χ4n) is 0. The van der Waals surface area contributed by atoms with Crippen LogP contribution in [0.4, 0.5) is 0 Å². The lowest BCUT2D eigenvalue weighted by atomic mass is 10.3. The zero-order valence-corrected chi connectivity index (χ0v) is 6.16. The van der Waals surface area contributed by atoms with Gasteiger partial charge in [0.1, 0.15) is 0 Å². The van der Waals surface area contributed by atoms with Crippen LogP contribution < -0.4 is 0 Å². The van der Waals surface area contributed by atoms with Crippen LogP contribution in [0.3, 0.4) is 0 Å². The van der Waals surface area contributed by atoms with E-state index in [9.17, 15) is 0 Å². The van der Waals surface area contributed by atoms with E-state index < -0.39 is 23.8 Å². The summed E-state index contributed by atoms with van der Waals surface area (Å²) in [7, 11) is -2.17. The van der Waals surface area contributed by atoms with Gasteiger partial charge in [-0.05, 0) is 0 Å². The Kier molecular flexibility index (Phi) is 18.6. The minimum absolute atomic E-state index is 1.50. The number of hydrogen-bond donors (Lipinski definition) is 6. The summed E-state index contributed by atoms with van der Waals surface area (Å²) in [6.07, 6.45) is 0. The van der Waals surface area contributed by atoms with E-state index in [0.717, 1.165) is 0 Å². The number of hydrogen-bond acceptors (Lipinski definition) is 6. The fourth-order valence-corrected chi connectivity index (χ4v) is 0. The normalized spacial score (nSPS) is 7.17. The third-order valence-electron chi connectivity index (χ3n) is 0. The van der Waals surface area contributed by atoms with E-state index >= 15 is 0 Å². The summed E-state index contributed by atoms with van der Waals surface area (Å²) in [6.45, 7) is 0. The predicted molar refractivity (Wildman–Crippen MR) is 34.6 cm³/mol.